The minimum absolute atomic E-state index is 0.137. The van der Waals surface area contributed by atoms with Gasteiger partial charge in [0.05, 0.1) is 24.9 Å². The fourth-order valence-electron chi connectivity index (χ4n) is 4.39. The van der Waals surface area contributed by atoms with Gasteiger partial charge in [-0.3, -0.25) is 0 Å². The number of hydrogen-bond donors (Lipinski definition) is 0. The first kappa shape index (κ1) is 22.8. The van der Waals surface area contributed by atoms with E-state index in [2.05, 4.69) is 17.7 Å². The molecule has 1 heterocycles. The summed E-state index contributed by atoms with van der Waals surface area (Å²) in [5, 5.41) is 0. The van der Waals surface area contributed by atoms with E-state index in [0.29, 0.717) is 31.3 Å². The van der Waals surface area contributed by atoms with Gasteiger partial charge in [0.15, 0.2) is 11.5 Å². The zero-order valence-corrected chi connectivity index (χ0v) is 17.6. The number of allylic oxidation sites excluding steroid dienone is 2. The molecule has 1 aromatic carbocycles. The van der Waals surface area contributed by atoms with Crippen LogP contribution in [-0.4, -0.2) is 19.3 Å². The molecule has 1 unspecified atom stereocenters. The van der Waals surface area contributed by atoms with Crippen molar-refractivity contribution in [1.82, 2.24) is 0 Å². The van der Waals surface area contributed by atoms with Crippen LogP contribution in [0.25, 0.3) is 0 Å². The van der Waals surface area contributed by atoms with Crippen molar-refractivity contribution < 1.29 is 31.8 Å². The standard InChI is InChI=1S/C23H30F4O3/c1-3-5-18-11-8-16(14-29-18)15-6-9-17(10-7-15)23(26,27)30-20-13-12-19(28-4-2)21(24)22(20)25/h11-13,15-17H,3-10,14H2,1-2H3. The summed E-state index contributed by atoms with van der Waals surface area (Å²) in [5.74, 6) is -3.21. The highest BCUT2D eigenvalue weighted by atomic mass is 19.3. The average Bonchev–Trinajstić information content (AvgIpc) is 2.74. The number of hydrogen-bond acceptors (Lipinski definition) is 3. The van der Waals surface area contributed by atoms with Crippen molar-refractivity contribution in [2.24, 2.45) is 17.8 Å². The Bertz CT molecular complexity index is 742. The first-order valence-electron chi connectivity index (χ1n) is 10.8. The zero-order chi connectivity index (χ0) is 21.7. The quantitative estimate of drug-likeness (QED) is 0.422. The Morgan fingerprint density at radius 2 is 1.67 bits per heavy atom. The van der Waals surface area contributed by atoms with Crippen LogP contribution < -0.4 is 9.47 Å². The summed E-state index contributed by atoms with van der Waals surface area (Å²) >= 11 is 0. The highest BCUT2D eigenvalue weighted by molar-refractivity contribution is 5.35. The van der Waals surface area contributed by atoms with Crippen molar-refractivity contribution in [2.75, 3.05) is 13.2 Å². The largest absolute Gasteiger partial charge is 0.498 e. The average molecular weight is 430 g/mol. The molecule has 3 nitrogen and oxygen atoms in total. The van der Waals surface area contributed by atoms with Gasteiger partial charge in [0.25, 0.3) is 0 Å². The highest BCUT2D eigenvalue weighted by Gasteiger charge is 2.45. The summed E-state index contributed by atoms with van der Waals surface area (Å²) in [4.78, 5) is 0. The Morgan fingerprint density at radius 1 is 1.00 bits per heavy atom. The summed E-state index contributed by atoms with van der Waals surface area (Å²) in [6, 6.07) is 2.09. The van der Waals surface area contributed by atoms with E-state index >= 15 is 0 Å². The number of rotatable bonds is 8. The van der Waals surface area contributed by atoms with Gasteiger partial charge >= 0.3 is 6.11 Å². The topological polar surface area (TPSA) is 27.7 Å². The third-order valence-electron chi connectivity index (χ3n) is 6.10. The van der Waals surface area contributed by atoms with E-state index < -0.39 is 29.4 Å². The van der Waals surface area contributed by atoms with E-state index in [9.17, 15) is 17.6 Å². The van der Waals surface area contributed by atoms with Crippen molar-refractivity contribution in [3.05, 3.63) is 35.6 Å². The minimum Gasteiger partial charge on any atom is -0.498 e. The molecule has 168 valence electrons. The summed E-state index contributed by atoms with van der Waals surface area (Å²) < 4.78 is 72.9. The summed E-state index contributed by atoms with van der Waals surface area (Å²) in [6.07, 6.45) is 3.31. The van der Waals surface area contributed by atoms with E-state index in [1.165, 1.54) is 0 Å². The molecule has 1 aliphatic carbocycles. The van der Waals surface area contributed by atoms with Gasteiger partial charge in [0.2, 0.25) is 11.6 Å². The second-order valence-corrected chi connectivity index (χ2v) is 8.13. The van der Waals surface area contributed by atoms with Crippen LogP contribution in [-0.2, 0) is 4.74 Å². The smallest absolute Gasteiger partial charge is 0.400 e. The van der Waals surface area contributed by atoms with Gasteiger partial charge in [-0.25, -0.2) is 0 Å². The van der Waals surface area contributed by atoms with Gasteiger partial charge in [-0.2, -0.15) is 17.6 Å². The van der Waals surface area contributed by atoms with Crippen LogP contribution in [0.15, 0.2) is 24.0 Å². The SMILES string of the molecule is CCCC1=CCC(C2CCC(C(F)(F)Oc3ccc(OCC)c(F)c3F)CC2)CO1. The summed E-state index contributed by atoms with van der Waals surface area (Å²) in [6.45, 7) is 4.50. The number of halogens is 4. The molecular formula is C23H30F4O3. The van der Waals surface area contributed by atoms with Crippen LogP contribution in [0.2, 0.25) is 0 Å². The molecule has 1 fully saturated rings. The molecule has 30 heavy (non-hydrogen) atoms. The molecule has 3 rings (SSSR count). The fourth-order valence-corrected chi connectivity index (χ4v) is 4.39. The van der Waals surface area contributed by atoms with Crippen molar-refractivity contribution in [3.63, 3.8) is 0 Å². The van der Waals surface area contributed by atoms with E-state index in [4.69, 9.17) is 9.47 Å². The van der Waals surface area contributed by atoms with Gasteiger partial charge in [0.1, 0.15) is 0 Å². The molecule has 1 aliphatic heterocycles. The van der Waals surface area contributed by atoms with Gasteiger partial charge in [-0.05, 0) is 75.5 Å². The van der Waals surface area contributed by atoms with E-state index in [1.807, 2.05) is 0 Å². The normalized spacial score (nSPS) is 24.7. The lowest BCUT2D eigenvalue weighted by Gasteiger charge is -2.37. The third-order valence-corrected chi connectivity index (χ3v) is 6.10. The Labute approximate surface area is 175 Å². The maximum absolute atomic E-state index is 14.7. The van der Waals surface area contributed by atoms with Crippen molar-refractivity contribution in [1.29, 1.82) is 0 Å². The van der Waals surface area contributed by atoms with Crippen molar-refractivity contribution >= 4 is 0 Å². The second-order valence-electron chi connectivity index (χ2n) is 8.13. The molecule has 0 bridgehead atoms. The molecule has 7 heteroatoms. The molecule has 2 aliphatic rings. The predicted octanol–water partition coefficient (Wildman–Crippen LogP) is 6.86. The van der Waals surface area contributed by atoms with Crippen LogP contribution >= 0.6 is 0 Å². The highest BCUT2D eigenvalue weighted by Crippen LogP contribution is 2.44. The Kier molecular flexibility index (Phi) is 7.53. The molecule has 1 aromatic rings. The van der Waals surface area contributed by atoms with Gasteiger partial charge in [-0.1, -0.05) is 6.92 Å². The van der Waals surface area contributed by atoms with Gasteiger partial charge in [0, 0.05) is 6.42 Å². The summed E-state index contributed by atoms with van der Waals surface area (Å²) in [5.41, 5.74) is 0. The molecule has 1 saturated carbocycles. The monoisotopic (exact) mass is 430 g/mol. The molecule has 1 atom stereocenters. The number of alkyl halides is 2. The van der Waals surface area contributed by atoms with Crippen LogP contribution in [0.5, 0.6) is 11.5 Å². The molecule has 0 aromatic heterocycles. The third kappa shape index (κ3) is 5.22. The second kappa shape index (κ2) is 9.92. The molecule has 0 saturated heterocycles. The minimum atomic E-state index is -3.57. The van der Waals surface area contributed by atoms with E-state index in [1.54, 1.807) is 6.92 Å². The number of benzene rings is 1. The first-order chi connectivity index (χ1) is 14.4. The predicted molar refractivity (Wildman–Crippen MR) is 106 cm³/mol. The molecule has 0 radical (unpaired) electrons. The molecular weight excluding hydrogens is 400 g/mol. The zero-order valence-electron chi connectivity index (χ0n) is 17.6. The molecule has 0 N–H and O–H groups in total. The Balaban J connectivity index is 1.57. The van der Waals surface area contributed by atoms with Crippen LogP contribution in [0.4, 0.5) is 17.6 Å². The Morgan fingerprint density at radius 3 is 2.27 bits per heavy atom. The maximum Gasteiger partial charge on any atom is 0.400 e. The summed E-state index contributed by atoms with van der Waals surface area (Å²) in [7, 11) is 0. The maximum atomic E-state index is 14.7. The van der Waals surface area contributed by atoms with Crippen LogP contribution in [0.1, 0.15) is 58.8 Å². The lowest BCUT2D eigenvalue weighted by Crippen LogP contribution is -2.39. The van der Waals surface area contributed by atoms with Crippen molar-refractivity contribution in [2.45, 2.75) is 64.9 Å². The van der Waals surface area contributed by atoms with Gasteiger partial charge in [-0.15, -0.1) is 0 Å². The molecule has 0 spiro atoms. The number of ether oxygens (including phenoxy) is 3. The van der Waals surface area contributed by atoms with E-state index in [0.717, 1.165) is 37.2 Å². The molecule has 0 amide bonds. The lowest BCUT2D eigenvalue weighted by molar-refractivity contribution is -0.225. The van der Waals surface area contributed by atoms with Crippen LogP contribution in [0.3, 0.4) is 0 Å². The lowest BCUT2D eigenvalue weighted by atomic mass is 9.74. The Hall–Kier alpha value is -1.92. The van der Waals surface area contributed by atoms with Crippen LogP contribution in [0, 0.1) is 29.4 Å². The van der Waals surface area contributed by atoms with E-state index in [-0.39, 0.29) is 25.2 Å². The van der Waals surface area contributed by atoms with Gasteiger partial charge < -0.3 is 14.2 Å². The fraction of sp³-hybridized carbons (Fsp3) is 0.652. The van der Waals surface area contributed by atoms with Crippen molar-refractivity contribution in [3.8, 4) is 11.5 Å². The first-order valence-corrected chi connectivity index (χ1v) is 10.8.